The first kappa shape index (κ1) is 12.1. The van der Waals surface area contributed by atoms with E-state index in [-0.39, 0.29) is 0 Å². The highest BCUT2D eigenvalue weighted by atomic mass is 32.1. The summed E-state index contributed by atoms with van der Waals surface area (Å²) in [4.78, 5) is 1.46. The van der Waals surface area contributed by atoms with Crippen LogP contribution >= 0.6 is 11.3 Å². The molecule has 0 bridgehead atoms. The van der Waals surface area contributed by atoms with Gasteiger partial charge in [-0.05, 0) is 49.6 Å². The molecule has 0 radical (unpaired) electrons. The molecule has 2 rings (SSSR count). The van der Waals surface area contributed by atoms with E-state index >= 15 is 0 Å². The van der Waals surface area contributed by atoms with Crippen LogP contribution < -0.4 is 5.32 Å². The molecule has 1 aliphatic rings. The van der Waals surface area contributed by atoms with Crippen molar-refractivity contribution < 1.29 is 0 Å². The fraction of sp³-hybridized carbons (Fsp3) is 0.714. The molecule has 0 saturated heterocycles. The molecule has 16 heavy (non-hydrogen) atoms. The van der Waals surface area contributed by atoms with E-state index in [1.165, 1.54) is 37.1 Å². The molecule has 1 aliphatic carbocycles. The van der Waals surface area contributed by atoms with Gasteiger partial charge in [0, 0.05) is 10.9 Å². The molecule has 2 heteroatoms. The summed E-state index contributed by atoms with van der Waals surface area (Å²) in [5, 5.41) is 5.84. The van der Waals surface area contributed by atoms with Gasteiger partial charge in [0.1, 0.15) is 0 Å². The van der Waals surface area contributed by atoms with Crippen LogP contribution in [0.4, 0.5) is 0 Å². The number of rotatable bonds is 4. The average molecular weight is 237 g/mol. The molecule has 0 unspecified atom stereocenters. The Hall–Kier alpha value is -0.340. The van der Waals surface area contributed by atoms with Gasteiger partial charge in [0.05, 0.1) is 0 Å². The minimum atomic E-state index is 0.527. The molecule has 1 heterocycles. The van der Waals surface area contributed by atoms with Crippen molar-refractivity contribution in [3.8, 4) is 0 Å². The molecule has 1 nitrogen and oxygen atoms in total. The summed E-state index contributed by atoms with van der Waals surface area (Å²) < 4.78 is 0. The summed E-state index contributed by atoms with van der Waals surface area (Å²) >= 11 is 1.86. The van der Waals surface area contributed by atoms with Crippen LogP contribution in [0, 0.1) is 11.8 Å². The molecule has 0 amide bonds. The van der Waals surface area contributed by atoms with Gasteiger partial charge >= 0.3 is 0 Å². The highest BCUT2D eigenvalue weighted by Gasteiger charge is 2.18. The zero-order chi connectivity index (χ0) is 11.4. The second kappa shape index (κ2) is 5.83. The fourth-order valence-electron chi connectivity index (χ4n) is 2.51. The van der Waals surface area contributed by atoms with Gasteiger partial charge in [-0.25, -0.2) is 0 Å². The van der Waals surface area contributed by atoms with Gasteiger partial charge in [0.25, 0.3) is 0 Å². The third-order valence-electron chi connectivity index (χ3n) is 3.82. The Labute approximate surface area is 103 Å². The zero-order valence-electron chi connectivity index (χ0n) is 10.4. The molecule has 0 aliphatic heterocycles. The predicted octanol–water partition coefficient (Wildman–Crippen LogP) is 4.23. The van der Waals surface area contributed by atoms with Crippen molar-refractivity contribution in [3.05, 3.63) is 22.4 Å². The molecule has 90 valence electrons. The van der Waals surface area contributed by atoms with Crippen LogP contribution in [0.2, 0.25) is 0 Å². The lowest BCUT2D eigenvalue weighted by Crippen LogP contribution is -2.27. The molecular weight excluding hydrogens is 214 g/mol. The van der Waals surface area contributed by atoms with Gasteiger partial charge in [-0.1, -0.05) is 25.8 Å². The second-order valence-corrected chi connectivity index (χ2v) is 6.25. The van der Waals surface area contributed by atoms with Crippen molar-refractivity contribution in [1.82, 2.24) is 5.32 Å². The predicted molar refractivity (Wildman–Crippen MR) is 71.9 cm³/mol. The first-order valence-corrected chi connectivity index (χ1v) is 7.40. The highest BCUT2D eigenvalue weighted by molar-refractivity contribution is 7.10. The Kier molecular flexibility index (Phi) is 4.42. The van der Waals surface area contributed by atoms with Crippen LogP contribution in [0.15, 0.2) is 17.5 Å². The van der Waals surface area contributed by atoms with E-state index in [0.29, 0.717) is 6.04 Å². The molecular formula is C14H23NS. The largest absolute Gasteiger partial charge is 0.309 e. The van der Waals surface area contributed by atoms with Gasteiger partial charge < -0.3 is 5.32 Å². The van der Waals surface area contributed by atoms with E-state index in [0.717, 1.165) is 11.8 Å². The first-order chi connectivity index (χ1) is 7.75. The average Bonchev–Trinajstić information content (AvgIpc) is 2.81. The van der Waals surface area contributed by atoms with Gasteiger partial charge in [-0.15, -0.1) is 11.3 Å². The lowest BCUT2D eigenvalue weighted by atomic mass is 9.83. The lowest BCUT2D eigenvalue weighted by molar-refractivity contribution is 0.276. The molecule has 1 aromatic heterocycles. The summed E-state index contributed by atoms with van der Waals surface area (Å²) in [6.07, 6.45) is 5.70. The summed E-state index contributed by atoms with van der Waals surface area (Å²) in [5.41, 5.74) is 0. The van der Waals surface area contributed by atoms with Crippen molar-refractivity contribution in [2.75, 3.05) is 6.54 Å². The maximum atomic E-state index is 3.68. The Morgan fingerprint density at radius 3 is 2.75 bits per heavy atom. The fourth-order valence-corrected chi connectivity index (χ4v) is 3.27. The minimum absolute atomic E-state index is 0.527. The Morgan fingerprint density at radius 2 is 2.12 bits per heavy atom. The van der Waals surface area contributed by atoms with Crippen LogP contribution in [-0.2, 0) is 0 Å². The number of nitrogens with one attached hydrogen (secondary N) is 1. The topological polar surface area (TPSA) is 12.0 Å². The smallest absolute Gasteiger partial charge is 0.0386 e. The molecule has 0 aromatic carbocycles. The minimum Gasteiger partial charge on any atom is -0.309 e. The van der Waals surface area contributed by atoms with Crippen molar-refractivity contribution in [2.45, 2.75) is 45.6 Å². The van der Waals surface area contributed by atoms with E-state index in [1.807, 2.05) is 11.3 Å². The van der Waals surface area contributed by atoms with Crippen LogP contribution in [-0.4, -0.2) is 6.54 Å². The van der Waals surface area contributed by atoms with Crippen LogP contribution in [0.25, 0.3) is 0 Å². The Balaban J connectivity index is 1.71. The molecule has 1 atom stereocenters. The van der Waals surface area contributed by atoms with Crippen molar-refractivity contribution in [3.63, 3.8) is 0 Å². The first-order valence-electron chi connectivity index (χ1n) is 6.52. The summed E-state index contributed by atoms with van der Waals surface area (Å²) in [7, 11) is 0. The van der Waals surface area contributed by atoms with Crippen LogP contribution in [0.1, 0.15) is 50.4 Å². The maximum absolute atomic E-state index is 3.68. The second-order valence-electron chi connectivity index (χ2n) is 5.27. The van der Waals surface area contributed by atoms with E-state index in [2.05, 4.69) is 36.7 Å². The van der Waals surface area contributed by atoms with Gasteiger partial charge in [-0.2, -0.15) is 0 Å². The molecule has 1 fully saturated rings. The normalized spacial score (nSPS) is 27.9. The zero-order valence-corrected chi connectivity index (χ0v) is 11.2. The highest BCUT2D eigenvalue weighted by Crippen LogP contribution is 2.28. The van der Waals surface area contributed by atoms with Crippen molar-refractivity contribution >= 4 is 11.3 Å². The molecule has 1 N–H and O–H groups in total. The van der Waals surface area contributed by atoms with E-state index in [1.54, 1.807) is 0 Å². The van der Waals surface area contributed by atoms with E-state index in [9.17, 15) is 0 Å². The number of hydrogen-bond acceptors (Lipinski definition) is 2. The molecule has 1 aromatic rings. The van der Waals surface area contributed by atoms with Gasteiger partial charge in [0.2, 0.25) is 0 Å². The Morgan fingerprint density at radius 1 is 1.38 bits per heavy atom. The van der Waals surface area contributed by atoms with Crippen LogP contribution in [0.3, 0.4) is 0 Å². The molecule has 1 saturated carbocycles. The summed E-state index contributed by atoms with van der Waals surface area (Å²) in [5.74, 6) is 1.88. The van der Waals surface area contributed by atoms with Gasteiger partial charge in [-0.3, -0.25) is 0 Å². The summed E-state index contributed by atoms with van der Waals surface area (Å²) in [6.45, 7) is 5.86. The quantitative estimate of drug-likeness (QED) is 0.826. The van der Waals surface area contributed by atoms with Crippen LogP contribution in [0.5, 0.6) is 0 Å². The third-order valence-corrected chi connectivity index (χ3v) is 4.87. The standard InChI is InChI=1S/C14H23NS/c1-11-5-7-13(8-6-11)10-15-12(2)14-4-3-9-16-14/h3-4,9,11-13,15H,5-8,10H2,1-2H3/t11?,12-,13?/m0/s1. The Bertz CT molecular complexity index is 286. The van der Waals surface area contributed by atoms with E-state index < -0.39 is 0 Å². The maximum Gasteiger partial charge on any atom is 0.0386 e. The summed E-state index contributed by atoms with van der Waals surface area (Å²) in [6, 6.07) is 4.89. The monoisotopic (exact) mass is 237 g/mol. The number of hydrogen-bond donors (Lipinski definition) is 1. The SMILES string of the molecule is CC1CCC(CN[C@@H](C)c2cccs2)CC1. The van der Waals surface area contributed by atoms with Gasteiger partial charge in [0.15, 0.2) is 0 Å². The molecule has 0 spiro atoms. The van der Waals surface area contributed by atoms with Crippen molar-refractivity contribution in [2.24, 2.45) is 11.8 Å². The lowest BCUT2D eigenvalue weighted by Gasteiger charge is -2.27. The van der Waals surface area contributed by atoms with E-state index in [4.69, 9.17) is 0 Å². The third kappa shape index (κ3) is 3.33. The number of thiophene rings is 1. The van der Waals surface area contributed by atoms with Crippen molar-refractivity contribution in [1.29, 1.82) is 0 Å².